The lowest BCUT2D eigenvalue weighted by atomic mass is 10.2. The summed E-state index contributed by atoms with van der Waals surface area (Å²) in [5.41, 5.74) is 6.09. The molecule has 0 saturated carbocycles. The van der Waals surface area contributed by atoms with Gasteiger partial charge in [-0.1, -0.05) is 29.9 Å². The Morgan fingerprint density at radius 2 is 1.90 bits per heavy atom. The first-order valence-corrected chi connectivity index (χ1v) is 10.3. The fourth-order valence-electron chi connectivity index (χ4n) is 3.51. The van der Waals surface area contributed by atoms with Crippen LogP contribution in [0.1, 0.15) is 13.3 Å². The molecule has 1 aliphatic heterocycles. The molecule has 8 heteroatoms. The highest BCUT2D eigenvalue weighted by atomic mass is 16.5. The Bertz CT molecular complexity index is 1070. The van der Waals surface area contributed by atoms with E-state index >= 15 is 0 Å². The smallest absolute Gasteiger partial charge is 0.228 e. The molecule has 1 saturated heterocycles. The van der Waals surface area contributed by atoms with Crippen molar-refractivity contribution >= 4 is 28.9 Å². The number of methoxy groups -OCH3 is 2. The predicted molar refractivity (Wildman–Crippen MR) is 123 cm³/mol. The van der Waals surface area contributed by atoms with Crippen LogP contribution in [0, 0.1) is 0 Å². The van der Waals surface area contributed by atoms with Crippen molar-refractivity contribution in [3.05, 3.63) is 47.6 Å². The van der Waals surface area contributed by atoms with E-state index in [4.69, 9.17) is 24.2 Å². The van der Waals surface area contributed by atoms with Crippen LogP contribution in [-0.2, 0) is 4.74 Å². The number of anilines is 2. The van der Waals surface area contributed by atoms with Crippen molar-refractivity contribution in [1.29, 1.82) is 0 Å². The fourth-order valence-corrected chi connectivity index (χ4v) is 3.51. The van der Waals surface area contributed by atoms with Gasteiger partial charge in [-0.3, -0.25) is 5.43 Å². The van der Waals surface area contributed by atoms with Crippen LogP contribution in [0.25, 0.3) is 10.9 Å². The van der Waals surface area contributed by atoms with Gasteiger partial charge in [-0.05, 0) is 25.0 Å². The van der Waals surface area contributed by atoms with Crippen LogP contribution in [0.2, 0.25) is 0 Å². The van der Waals surface area contributed by atoms with Crippen LogP contribution < -0.4 is 19.8 Å². The number of nitrogens with one attached hydrogen (secondary N) is 1. The largest absolute Gasteiger partial charge is 0.493 e. The molecule has 1 aromatic heterocycles. The third kappa shape index (κ3) is 4.86. The van der Waals surface area contributed by atoms with Crippen LogP contribution in [-0.4, -0.2) is 56.7 Å². The number of hydrogen-bond donors (Lipinski definition) is 1. The highest BCUT2D eigenvalue weighted by Crippen LogP contribution is 2.35. The Labute approximate surface area is 181 Å². The summed E-state index contributed by atoms with van der Waals surface area (Å²) in [7, 11) is 3.22. The molecule has 0 amide bonds. The van der Waals surface area contributed by atoms with Crippen molar-refractivity contribution in [3.8, 4) is 11.5 Å². The average Bonchev–Trinajstić information content (AvgIpc) is 3.02. The maximum absolute atomic E-state index is 5.47. The van der Waals surface area contributed by atoms with Gasteiger partial charge in [0.2, 0.25) is 5.95 Å². The molecule has 2 heterocycles. The van der Waals surface area contributed by atoms with Crippen LogP contribution in [0.3, 0.4) is 0 Å². The van der Waals surface area contributed by atoms with E-state index in [0.717, 1.165) is 36.0 Å². The summed E-state index contributed by atoms with van der Waals surface area (Å²) in [6, 6.07) is 3.73. The molecule has 0 spiro atoms. The number of fused-ring (bicyclic) bond motifs is 1. The number of allylic oxidation sites excluding steroid dienone is 6. The number of benzene rings is 1. The van der Waals surface area contributed by atoms with E-state index in [1.807, 2.05) is 12.1 Å². The van der Waals surface area contributed by atoms with Crippen LogP contribution >= 0.6 is 0 Å². The van der Waals surface area contributed by atoms with Gasteiger partial charge in [0.15, 0.2) is 17.3 Å². The van der Waals surface area contributed by atoms with Gasteiger partial charge in [-0.15, -0.1) is 0 Å². The first-order chi connectivity index (χ1) is 15.2. The maximum atomic E-state index is 5.47. The van der Waals surface area contributed by atoms with Gasteiger partial charge in [0.25, 0.3) is 0 Å². The minimum atomic E-state index is 0.606. The summed E-state index contributed by atoms with van der Waals surface area (Å²) in [5.74, 6) is 2.47. The quantitative estimate of drug-likeness (QED) is 0.562. The Balaban J connectivity index is 1.72. The topological polar surface area (TPSA) is 81.1 Å². The van der Waals surface area contributed by atoms with Crippen LogP contribution in [0.4, 0.5) is 11.8 Å². The summed E-state index contributed by atoms with van der Waals surface area (Å²) < 4.78 is 16.4. The van der Waals surface area contributed by atoms with Crippen molar-refractivity contribution in [2.45, 2.75) is 13.3 Å². The molecule has 1 fully saturated rings. The number of aromatic nitrogens is 2. The van der Waals surface area contributed by atoms with E-state index < -0.39 is 0 Å². The molecule has 0 atom stereocenters. The van der Waals surface area contributed by atoms with Gasteiger partial charge in [0.05, 0.1) is 39.2 Å². The minimum Gasteiger partial charge on any atom is -0.493 e. The molecule has 8 nitrogen and oxygen atoms in total. The molecular weight excluding hydrogens is 394 g/mol. The number of morpholine rings is 1. The van der Waals surface area contributed by atoms with Crippen molar-refractivity contribution in [3.63, 3.8) is 0 Å². The van der Waals surface area contributed by atoms with Crippen molar-refractivity contribution in [2.75, 3.05) is 50.8 Å². The highest BCUT2D eigenvalue weighted by Gasteiger charge is 2.18. The van der Waals surface area contributed by atoms with E-state index in [1.165, 1.54) is 5.57 Å². The van der Waals surface area contributed by atoms with E-state index in [-0.39, 0.29) is 0 Å². The number of hydrogen-bond acceptors (Lipinski definition) is 8. The second-order valence-electron chi connectivity index (χ2n) is 7.30. The van der Waals surface area contributed by atoms with Gasteiger partial charge in [-0.2, -0.15) is 10.1 Å². The molecule has 2 aromatic rings. The summed E-state index contributed by atoms with van der Waals surface area (Å²) in [6.07, 6.45) is 11.2. The van der Waals surface area contributed by atoms with Crippen LogP contribution in [0.5, 0.6) is 11.5 Å². The molecule has 31 heavy (non-hydrogen) atoms. The summed E-state index contributed by atoms with van der Waals surface area (Å²) in [5, 5.41) is 5.25. The summed E-state index contributed by atoms with van der Waals surface area (Å²) >= 11 is 0. The number of nitrogens with zero attached hydrogens (tertiary/aromatic N) is 4. The molecule has 1 aliphatic carbocycles. The molecule has 0 bridgehead atoms. The van der Waals surface area contributed by atoms with Gasteiger partial charge < -0.3 is 19.1 Å². The molecule has 1 N–H and O–H groups in total. The Hall–Kier alpha value is -3.39. The zero-order valence-corrected chi connectivity index (χ0v) is 18.1. The second kappa shape index (κ2) is 9.61. The third-order valence-electron chi connectivity index (χ3n) is 5.15. The highest BCUT2D eigenvalue weighted by molar-refractivity contribution is 5.93. The normalized spacial score (nSPS) is 16.8. The standard InChI is InChI=1S/C23H27N5O3/c1-16-6-4-5-7-17(12-16)15-24-27-22-18-13-20(29-2)21(30-3)14-19(18)25-23(26-22)28-8-10-31-11-9-28/h5-7,12-15H,4,8-11H2,1-3H3,(H,25,26,27)/b24-15+. The lowest BCUT2D eigenvalue weighted by molar-refractivity contribution is 0.122. The van der Waals surface area contributed by atoms with Crippen LogP contribution in [0.15, 0.2) is 52.7 Å². The molecule has 0 radical (unpaired) electrons. The predicted octanol–water partition coefficient (Wildman–Crippen LogP) is 3.71. The fraction of sp³-hybridized carbons (Fsp3) is 0.348. The third-order valence-corrected chi connectivity index (χ3v) is 5.15. The molecule has 2 aliphatic rings. The Kier molecular flexibility index (Phi) is 6.47. The number of hydrazone groups is 1. The zero-order valence-electron chi connectivity index (χ0n) is 18.1. The molecule has 4 rings (SSSR count). The van der Waals surface area contributed by atoms with Gasteiger partial charge >= 0.3 is 0 Å². The maximum Gasteiger partial charge on any atom is 0.228 e. The molecule has 162 valence electrons. The molecule has 1 aromatic carbocycles. The van der Waals surface area contributed by atoms with E-state index in [2.05, 4.69) is 46.7 Å². The molecule has 0 unspecified atom stereocenters. The van der Waals surface area contributed by atoms with E-state index in [9.17, 15) is 0 Å². The SMILES string of the molecule is COc1cc2nc(N3CCOCC3)nc(N/N=C/C3=CC(C)=CCC=C3)c2cc1OC. The summed E-state index contributed by atoms with van der Waals surface area (Å²) in [4.78, 5) is 11.6. The van der Waals surface area contributed by atoms with Gasteiger partial charge in [-0.25, -0.2) is 4.98 Å². The van der Waals surface area contributed by atoms with E-state index in [1.54, 1.807) is 20.4 Å². The first-order valence-electron chi connectivity index (χ1n) is 10.3. The van der Waals surface area contributed by atoms with Crippen molar-refractivity contribution < 1.29 is 14.2 Å². The second-order valence-corrected chi connectivity index (χ2v) is 7.30. The first kappa shape index (κ1) is 20.9. The molecular formula is C23H27N5O3. The number of ether oxygens (including phenoxy) is 3. The van der Waals surface area contributed by atoms with Gasteiger partial charge in [0.1, 0.15) is 0 Å². The zero-order chi connectivity index (χ0) is 21.6. The monoisotopic (exact) mass is 421 g/mol. The Morgan fingerprint density at radius 1 is 1.13 bits per heavy atom. The van der Waals surface area contributed by atoms with Crippen molar-refractivity contribution in [1.82, 2.24) is 9.97 Å². The van der Waals surface area contributed by atoms with E-state index in [0.29, 0.717) is 36.5 Å². The lowest BCUT2D eigenvalue weighted by Gasteiger charge is -2.27. The van der Waals surface area contributed by atoms with Crippen molar-refractivity contribution in [2.24, 2.45) is 5.10 Å². The number of rotatable bonds is 6. The minimum absolute atomic E-state index is 0.606. The lowest BCUT2D eigenvalue weighted by Crippen LogP contribution is -2.37. The Morgan fingerprint density at radius 3 is 2.68 bits per heavy atom. The average molecular weight is 422 g/mol. The summed E-state index contributed by atoms with van der Waals surface area (Å²) in [6.45, 7) is 4.87. The van der Waals surface area contributed by atoms with Gasteiger partial charge in [0, 0.05) is 24.5 Å².